The van der Waals surface area contributed by atoms with Gasteiger partial charge in [-0.3, -0.25) is 4.57 Å². The van der Waals surface area contributed by atoms with E-state index in [-0.39, 0.29) is 4.49 Å². The van der Waals surface area contributed by atoms with Gasteiger partial charge in [0.2, 0.25) is 0 Å². The molecule has 0 radical (unpaired) electrons. The maximum absolute atomic E-state index is 11.6. The van der Waals surface area contributed by atoms with Crippen molar-refractivity contribution in [2.24, 2.45) is 0 Å². The van der Waals surface area contributed by atoms with Gasteiger partial charge in [0, 0.05) is 7.11 Å². The predicted molar refractivity (Wildman–Crippen MR) is 55.3 cm³/mol. The summed E-state index contributed by atoms with van der Waals surface area (Å²) in [7, 11) is -1.92. The Morgan fingerprint density at radius 3 is 2.54 bits per heavy atom. The van der Waals surface area contributed by atoms with E-state index in [0.29, 0.717) is 6.61 Å². The first-order valence-electron chi connectivity index (χ1n) is 3.88. The molecule has 0 aliphatic heterocycles. The van der Waals surface area contributed by atoms with E-state index in [0.717, 1.165) is 18.7 Å². The topological polar surface area (TPSA) is 35.5 Å². The van der Waals surface area contributed by atoms with Crippen LogP contribution in [0.25, 0.3) is 0 Å². The molecule has 0 heterocycles. The quantitative estimate of drug-likeness (QED) is 0.527. The number of rotatable bonds is 6. The smallest absolute Gasteiger partial charge is 0.309 e. The van der Waals surface area contributed by atoms with Crippen molar-refractivity contribution in [2.75, 3.05) is 13.7 Å². The predicted octanol–water partition coefficient (Wildman–Crippen LogP) is 3.92. The van der Waals surface area contributed by atoms with Crippen LogP contribution in [0.15, 0.2) is 10.3 Å². The first-order chi connectivity index (χ1) is 6.04. The molecule has 0 fully saturated rings. The van der Waals surface area contributed by atoms with Crippen molar-refractivity contribution >= 4 is 30.8 Å². The van der Waals surface area contributed by atoms with Crippen molar-refractivity contribution in [3.8, 4) is 0 Å². The Morgan fingerprint density at radius 1 is 1.54 bits per heavy atom. The minimum Gasteiger partial charge on any atom is -0.309 e. The van der Waals surface area contributed by atoms with Crippen LogP contribution in [0.2, 0.25) is 0 Å². The van der Waals surface area contributed by atoms with Crippen molar-refractivity contribution in [3.63, 3.8) is 0 Å². The zero-order chi connectivity index (χ0) is 10.3. The summed E-state index contributed by atoms with van der Waals surface area (Å²) >= 11 is 10.7. The molecule has 1 atom stereocenters. The molecule has 0 bridgehead atoms. The normalized spacial score (nSPS) is 15.1. The highest BCUT2D eigenvalue weighted by Crippen LogP contribution is 2.50. The molecule has 1 unspecified atom stereocenters. The van der Waals surface area contributed by atoms with Crippen LogP contribution in [0.1, 0.15) is 19.8 Å². The van der Waals surface area contributed by atoms with Crippen molar-refractivity contribution in [3.05, 3.63) is 10.3 Å². The molecule has 0 spiro atoms. The van der Waals surface area contributed by atoms with Gasteiger partial charge in [-0.1, -0.05) is 36.5 Å². The highest BCUT2D eigenvalue weighted by molar-refractivity contribution is 7.57. The summed E-state index contributed by atoms with van der Waals surface area (Å²) in [5.74, 6) is 1.09. The largest absolute Gasteiger partial charge is 0.356 e. The minimum absolute atomic E-state index is 0.110. The van der Waals surface area contributed by atoms with Crippen molar-refractivity contribution < 1.29 is 13.6 Å². The second-order valence-corrected chi connectivity index (χ2v) is 5.30. The average molecular weight is 247 g/mol. The van der Waals surface area contributed by atoms with E-state index in [2.05, 4.69) is 4.52 Å². The van der Waals surface area contributed by atoms with E-state index in [1.165, 1.54) is 7.11 Å². The van der Waals surface area contributed by atoms with Gasteiger partial charge >= 0.3 is 7.60 Å². The molecule has 3 nitrogen and oxygen atoms in total. The lowest BCUT2D eigenvalue weighted by Gasteiger charge is -2.11. The van der Waals surface area contributed by atoms with Gasteiger partial charge in [0.05, 0.1) is 12.4 Å². The molecule has 0 rings (SSSR count). The highest BCUT2D eigenvalue weighted by atomic mass is 35.5. The van der Waals surface area contributed by atoms with E-state index in [9.17, 15) is 4.57 Å². The van der Waals surface area contributed by atoms with E-state index < -0.39 is 7.60 Å². The van der Waals surface area contributed by atoms with Gasteiger partial charge in [0.15, 0.2) is 0 Å². The van der Waals surface area contributed by atoms with Crippen LogP contribution in [0.3, 0.4) is 0 Å². The highest BCUT2D eigenvalue weighted by Gasteiger charge is 2.19. The molecule has 0 aromatic heterocycles. The summed E-state index contributed by atoms with van der Waals surface area (Å²) in [6, 6.07) is 0. The molecule has 13 heavy (non-hydrogen) atoms. The van der Waals surface area contributed by atoms with E-state index in [1.54, 1.807) is 0 Å². The zero-order valence-electron chi connectivity index (χ0n) is 7.63. The second kappa shape index (κ2) is 6.86. The molecule has 0 aliphatic carbocycles. The van der Waals surface area contributed by atoms with Crippen LogP contribution < -0.4 is 0 Å². The number of halogens is 2. The Hall–Kier alpha value is 0.470. The Morgan fingerprint density at radius 2 is 2.15 bits per heavy atom. The molecule has 6 heteroatoms. The molecule has 0 aliphatic rings. The first-order valence-corrected chi connectivity index (χ1v) is 6.24. The second-order valence-electron chi connectivity index (χ2n) is 2.33. The van der Waals surface area contributed by atoms with Gasteiger partial charge in [-0.15, -0.1) is 0 Å². The molecular formula is C7H13Cl2O3P. The van der Waals surface area contributed by atoms with Gasteiger partial charge in [0.25, 0.3) is 0 Å². The lowest BCUT2D eigenvalue weighted by molar-refractivity contribution is 0.239. The average Bonchev–Trinajstić information content (AvgIpc) is 2.04. The van der Waals surface area contributed by atoms with Crippen LogP contribution in [0, 0.1) is 0 Å². The SMILES string of the molecule is CCCCOP(=O)(C=C(Cl)Cl)OC. The minimum atomic E-state index is -3.21. The summed E-state index contributed by atoms with van der Waals surface area (Å²) in [5, 5.41) is 0. The fraction of sp³-hybridized carbons (Fsp3) is 0.714. The Labute approximate surface area is 88.5 Å². The summed E-state index contributed by atoms with van der Waals surface area (Å²) < 4.78 is 21.2. The van der Waals surface area contributed by atoms with Gasteiger partial charge in [-0.05, 0) is 6.42 Å². The first kappa shape index (κ1) is 13.5. The van der Waals surface area contributed by atoms with Crippen LogP contribution in [-0.2, 0) is 13.6 Å². The Balaban J connectivity index is 4.13. The van der Waals surface area contributed by atoms with E-state index in [1.807, 2.05) is 6.92 Å². The maximum atomic E-state index is 11.6. The summed E-state index contributed by atoms with van der Waals surface area (Å²) in [5.41, 5.74) is 0. The Bertz CT molecular complexity index is 214. The molecule has 0 aromatic carbocycles. The fourth-order valence-electron chi connectivity index (χ4n) is 0.598. The third-order valence-corrected chi connectivity index (χ3v) is 3.43. The van der Waals surface area contributed by atoms with E-state index in [4.69, 9.17) is 27.7 Å². The van der Waals surface area contributed by atoms with Gasteiger partial charge in [-0.2, -0.15) is 0 Å². The third-order valence-electron chi connectivity index (χ3n) is 1.28. The molecule has 0 saturated heterocycles. The lowest BCUT2D eigenvalue weighted by Crippen LogP contribution is -1.92. The third kappa shape index (κ3) is 6.53. The maximum Gasteiger partial charge on any atom is 0.356 e. The fourth-order valence-corrected chi connectivity index (χ4v) is 2.22. The summed E-state index contributed by atoms with van der Waals surface area (Å²) in [6.07, 6.45) is 1.78. The summed E-state index contributed by atoms with van der Waals surface area (Å²) in [6.45, 7) is 2.38. The molecule has 0 aromatic rings. The monoisotopic (exact) mass is 246 g/mol. The molecule has 0 amide bonds. The van der Waals surface area contributed by atoms with Gasteiger partial charge in [-0.25, -0.2) is 0 Å². The standard InChI is InChI=1S/C7H13Cl2O3P/c1-3-4-5-12-13(10,11-2)6-7(8)9/h6H,3-5H2,1-2H3. The number of hydrogen-bond donors (Lipinski definition) is 0. The number of hydrogen-bond acceptors (Lipinski definition) is 3. The van der Waals surface area contributed by atoms with Crippen molar-refractivity contribution in [2.45, 2.75) is 19.8 Å². The lowest BCUT2D eigenvalue weighted by atomic mass is 10.4. The molecular weight excluding hydrogens is 234 g/mol. The molecule has 0 saturated carbocycles. The van der Waals surface area contributed by atoms with Gasteiger partial charge in [0.1, 0.15) is 4.49 Å². The molecule has 0 N–H and O–H groups in total. The van der Waals surface area contributed by atoms with Crippen LogP contribution >= 0.6 is 30.8 Å². The zero-order valence-corrected chi connectivity index (χ0v) is 10.0. The van der Waals surface area contributed by atoms with Crippen LogP contribution in [0.5, 0.6) is 0 Å². The summed E-state index contributed by atoms with van der Waals surface area (Å²) in [4.78, 5) is 0. The van der Waals surface area contributed by atoms with Gasteiger partial charge < -0.3 is 9.05 Å². The van der Waals surface area contributed by atoms with Crippen LogP contribution in [0.4, 0.5) is 0 Å². The van der Waals surface area contributed by atoms with Crippen molar-refractivity contribution in [1.82, 2.24) is 0 Å². The van der Waals surface area contributed by atoms with Crippen LogP contribution in [-0.4, -0.2) is 13.7 Å². The number of unbranched alkanes of at least 4 members (excludes halogenated alkanes) is 1. The Kier molecular flexibility index (Phi) is 7.10. The van der Waals surface area contributed by atoms with E-state index >= 15 is 0 Å². The molecule has 78 valence electrons. The van der Waals surface area contributed by atoms with Crippen molar-refractivity contribution in [1.29, 1.82) is 0 Å².